The predicted molar refractivity (Wildman–Crippen MR) is 50.9 cm³/mol. The maximum absolute atomic E-state index is 11.1. The first-order valence-electron chi connectivity index (χ1n) is 3.89. The van der Waals surface area contributed by atoms with Gasteiger partial charge in [-0.2, -0.15) is 0 Å². The summed E-state index contributed by atoms with van der Waals surface area (Å²) in [5.74, 6) is 0.305. The molecule has 0 heterocycles. The van der Waals surface area contributed by atoms with Gasteiger partial charge in [-0.25, -0.2) is 0 Å². The second kappa shape index (κ2) is 4.84. The van der Waals surface area contributed by atoms with Gasteiger partial charge in [0, 0.05) is 40.3 Å². The van der Waals surface area contributed by atoms with Gasteiger partial charge in [0.05, 0.1) is 0 Å². The average Bonchev–Trinajstić information content (AvgIpc) is 1.79. The third-order valence-corrected chi connectivity index (χ3v) is 2.57. The van der Waals surface area contributed by atoms with E-state index in [1.54, 1.807) is 0 Å². The highest BCUT2D eigenvalue weighted by Gasteiger charge is 2.21. The largest absolute Gasteiger partial charge is 0.396 e. The molecule has 0 fully saturated rings. The van der Waals surface area contributed by atoms with Crippen molar-refractivity contribution in [3.8, 4) is 0 Å². The van der Waals surface area contributed by atoms with E-state index < -0.39 is 7.26 Å². The van der Waals surface area contributed by atoms with Crippen molar-refractivity contribution >= 4 is 13.0 Å². The van der Waals surface area contributed by atoms with Crippen LogP contribution < -0.4 is 0 Å². The lowest BCUT2D eigenvalue weighted by Gasteiger charge is -2.09. The van der Waals surface area contributed by atoms with Crippen LogP contribution in [0.15, 0.2) is 0 Å². The van der Waals surface area contributed by atoms with Crippen LogP contribution in [0.5, 0.6) is 0 Å². The van der Waals surface area contributed by atoms with Gasteiger partial charge < -0.3 is 5.11 Å². The fourth-order valence-electron chi connectivity index (χ4n) is 0.884. The maximum atomic E-state index is 11.1. The Morgan fingerprint density at radius 3 is 2.27 bits per heavy atom. The summed E-state index contributed by atoms with van der Waals surface area (Å²) in [5.41, 5.74) is 0. The molecule has 1 N–H and O–H groups in total. The highest BCUT2D eigenvalue weighted by atomic mass is 31.2. The molecule has 11 heavy (non-hydrogen) atoms. The molecule has 0 amide bonds. The lowest BCUT2D eigenvalue weighted by atomic mass is 10.2. The highest BCUT2D eigenvalue weighted by molar-refractivity contribution is 7.74. The Bertz CT molecular complexity index is 127. The van der Waals surface area contributed by atoms with Crippen LogP contribution in [0.3, 0.4) is 0 Å². The Morgan fingerprint density at radius 1 is 1.36 bits per heavy atom. The van der Waals surface area contributed by atoms with Crippen molar-refractivity contribution in [3.05, 3.63) is 0 Å². The van der Waals surface area contributed by atoms with E-state index in [-0.39, 0.29) is 6.61 Å². The van der Waals surface area contributed by atoms with Gasteiger partial charge in [-0.05, 0) is 6.42 Å². The SMILES string of the molecule is C[P+](C)(C)CC(=O)CCCO. The zero-order valence-corrected chi connectivity index (χ0v) is 8.53. The van der Waals surface area contributed by atoms with E-state index in [1.807, 2.05) is 0 Å². The molecule has 0 bridgehead atoms. The maximum Gasteiger partial charge on any atom is 0.169 e. The van der Waals surface area contributed by atoms with Crippen LogP contribution in [-0.2, 0) is 4.79 Å². The summed E-state index contributed by atoms with van der Waals surface area (Å²) in [7, 11) is -0.943. The predicted octanol–water partition coefficient (Wildman–Crippen LogP) is 1.23. The zero-order valence-electron chi connectivity index (χ0n) is 7.63. The van der Waals surface area contributed by atoms with E-state index in [0.717, 1.165) is 6.16 Å². The standard InChI is InChI=1S/C8H18O2P/c1-11(2,3)7-8(10)5-4-6-9/h9H,4-7H2,1-3H3/q+1. The van der Waals surface area contributed by atoms with Gasteiger partial charge in [0.25, 0.3) is 0 Å². The van der Waals surface area contributed by atoms with Gasteiger partial charge in [0.15, 0.2) is 5.78 Å². The molecule has 0 aliphatic rings. The van der Waals surface area contributed by atoms with Crippen molar-refractivity contribution in [1.82, 2.24) is 0 Å². The van der Waals surface area contributed by atoms with Crippen molar-refractivity contribution in [2.45, 2.75) is 12.8 Å². The smallest absolute Gasteiger partial charge is 0.169 e. The first kappa shape index (κ1) is 11.1. The monoisotopic (exact) mass is 177 g/mol. The average molecular weight is 177 g/mol. The summed E-state index contributed by atoms with van der Waals surface area (Å²) in [6.45, 7) is 6.60. The Labute approximate surface area is 69.3 Å². The minimum absolute atomic E-state index is 0.133. The molecule has 66 valence electrons. The summed E-state index contributed by atoms with van der Waals surface area (Å²) < 4.78 is 0. The van der Waals surface area contributed by atoms with Crippen LogP contribution in [0.4, 0.5) is 0 Å². The number of Topliss-reactive ketones (excluding diaryl/α,β-unsaturated/α-hetero) is 1. The molecule has 0 saturated carbocycles. The van der Waals surface area contributed by atoms with Crippen LogP contribution in [0.2, 0.25) is 0 Å². The van der Waals surface area contributed by atoms with Crippen molar-refractivity contribution in [1.29, 1.82) is 0 Å². The molecule has 0 spiro atoms. The fraction of sp³-hybridized carbons (Fsp3) is 0.875. The topological polar surface area (TPSA) is 37.3 Å². The first-order valence-corrected chi connectivity index (χ1v) is 7.20. The summed E-state index contributed by atoms with van der Waals surface area (Å²) in [4.78, 5) is 11.1. The third-order valence-electron chi connectivity index (χ3n) is 1.26. The first-order chi connectivity index (χ1) is 4.95. The van der Waals surface area contributed by atoms with Gasteiger partial charge in [-0.15, -0.1) is 0 Å². The van der Waals surface area contributed by atoms with E-state index in [4.69, 9.17) is 5.11 Å². The molecule has 3 heteroatoms. The molecule has 0 aromatic heterocycles. The molecule has 0 rings (SSSR count). The molecular formula is C8H18O2P+. The van der Waals surface area contributed by atoms with Crippen LogP contribution in [0.25, 0.3) is 0 Å². The second-order valence-electron chi connectivity index (χ2n) is 3.81. The highest BCUT2D eigenvalue weighted by Crippen LogP contribution is 2.46. The van der Waals surface area contributed by atoms with Crippen molar-refractivity contribution < 1.29 is 9.90 Å². The Hall–Kier alpha value is 0.0600. The van der Waals surface area contributed by atoms with Gasteiger partial charge >= 0.3 is 0 Å². The summed E-state index contributed by atoms with van der Waals surface area (Å²) in [6, 6.07) is 0. The fourth-order valence-corrected chi connectivity index (χ4v) is 2.10. The van der Waals surface area contributed by atoms with E-state index >= 15 is 0 Å². The number of carbonyl (C=O) groups is 1. The molecule has 0 aromatic carbocycles. The van der Waals surface area contributed by atoms with Gasteiger partial charge in [0.2, 0.25) is 0 Å². The molecular weight excluding hydrogens is 159 g/mol. The number of aliphatic hydroxyl groups excluding tert-OH is 1. The van der Waals surface area contributed by atoms with Crippen molar-refractivity contribution in [3.63, 3.8) is 0 Å². The van der Waals surface area contributed by atoms with Crippen LogP contribution in [0, 0.1) is 0 Å². The van der Waals surface area contributed by atoms with Crippen molar-refractivity contribution in [2.75, 3.05) is 32.8 Å². The lowest BCUT2D eigenvalue weighted by molar-refractivity contribution is -0.116. The van der Waals surface area contributed by atoms with Crippen molar-refractivity contribution in [2.24, 2.45) is 0 Å². The van der Waals surface area contributed by atoms with Crippen LogP contribution >= 0.6 is 7.26 Å². The van der Waals surface area contributed by atoms with E-state index in [0.29, 0.717) is 18.6 Å². The Balaban J connectivity index is 3.53. The Morgan fingerprint density at radius 2 is 1.91 bits per heavy atom. The number of hydrogen-bond donors (Lipinski definition) is 1. The summed E-state index contributed by atoms with van der Waals surface area (Å²) in [5, 5.41) is 8.47. The van der Waals surface area contributed by atoms with Crippen LogP contribution in [-0.4, -0.2) is 43.7 Å². The number of carbonyl (C=O) groups excluding carboxylic acids is 1. The number of aliphatic hydroxyl groups is 1. The van der Waals surface area contributed by atoms with Gasteiger partial charge in [-0.3, -0.25) is 4.79 Å². The molecule has 0 aromatic rings. The zero-order chi connectivity index (χ0) is 8.91. The third kappa shape index (κ3) is 7.96. The summed E-state index contributed by atoms with van der Waals surface area (Å²) >= 11 is 0. The minimum Gasteiger partial charge on any atom is -0.396 e. The summed E-state index contributed by atoms with van der Waals surface area (Å²) in [6.07, 6.45) is 1.90. The number of rotatable bonds is 5. The second-order valence-corrected chi connectivity index (χ2v) is 8.71. The number of hydrogen-bond acceptors (Lipinski definition) is 2. The molecule has 0 unspecified atom stereocenters. The molecule has 0 aliphatic heterocycles. The molecule has 0 saturated heterocycles. The Kier molecular flexibility index (Phi) is 4.87. The lowest BCUT2D eigenvalue weighted by Crippen LogP contribution is -2.08. The molecule has 2 nitrogen and oxygen atoms in total. The van der Waals surface area contributed by atoms with Gasteiger partial charge in [0.1, 0.15) is 6.16 Å². The minimum atomic E-state index is -0.943. The van der Waals surface area contributed by atoms with Gasteiger partial charge in [-0.1, -0.05) is 0 Å². The number of ketones is 1. The van der Waals surface area contributed by atoms with E-state index in [1.165, 1.54) is 0 Å². The quantitative estimate of drug-likeness (QED) is 0.641. The van der Waals surface area contributed by atoms with E-state index in [9.17, 15) is 4.79 Å². The molecule has 0 aliphatic carbocycles. The van der Waals surface area contributed by atoms with Crippen LogP contribution in [0.1, 0.15) is 12.8 Å². The molecule has 0 atom stereocenters. The molecule has 0 radical (unpaired) electrons. The normalized spacial score (nSPS) is 11.6. The van der Waals surface area contributed by atoms with E-state index in [2.05, 4.69) is 20.0 Å².